The molecule has 2 heterocycles. The van der Waals surface area contributed by atoms with E-state index in [2.05, 4.69) is 35.1 Å². The third-order valence-corrected chi connectivity index (χ3v) is 8.02. The minimum Gasteiger partial charge on any atom is -0.354 e. The summed E-state index contributed by atoms with van der Waals surface area (Å²) in [5.74, 6) is 0.412. The smallest absolute Gasteiger partial charge is 0.252 e. The van der Waals surface area contributed by atoms with Gasteiger partial charge in [0.05, 0.1) is 9.83 Å². The number of hydrogen-bond acceptors (Lipinski definition) is 5. The van der Waals surface area contributed by atoms with Crippen LogP contribution in [0.1, 0.15) is 20.8 Å². The summed E-state index contributed by atoms with van der Waals surface area (Å²) in [7, 11) is -3.44. The summed E-state index contributed by atoms with van der Waals surface area (Å²) < 4.78 is 27.9. The molecule has 1 saturated heterocycles. The maximum Gasteiger partial charge on any atom is 0.252 e. The van der Waals surface area contributed by atoms with Crippen LogP contribution >= 0.6 is 27.3 Å². The number of nitrogens with zero attached hydrogens (tertiary/aromatic N) is 2. The van der Waals surface area contributed by atoms with Gasteiger partial charge < -0.3 is 5.32 Å². The van der Waals surface area contributed by atoms with Crippen molar-refractivity contribution in [3.63, 3.8) is 0 Å². The van der Waals surface area contributed by atoms with Crippen LogP contribution in [0.25, 0.3) is 0 Å². The van der Waals surface area contributed by atoms with Crippen LogP contribution in [0.15, 0.2) is 20.1 Å². The molecule has 136 valence electrons. The molecule has 1 atom stereocenters. The third kappa shape index (κ3) is 4.78. The van der Waals surface area contributed by atoms with Gasteiger partial charge in [-0.15, -0.1) is 11.3 Å². The average Bonchev–Trinajstić information content (AvgIpc) is 2.99. The Kier molecular flexibility index (Phi) is 6.83. The predicted octanol–water partition coefficient (Wildman–Crippen LogP) is 1.98. The lowest BCUT2D eigenvalue weighted by molar-refractivity contribution is -0.126. The summed E-state index contributed by atoms with van der Waals surface area (Å²) in [5.41, 5.74) is 0. The van der Waals surface area contributed by atoms with Gasteiger partial charge in [-0.2, -0.15) is 4.31 Å². The lowest BCUT2D eigenvalue weighted by Crippen LogP contribution is -2.55. The topological polar surface area (TPSA) is 69.7 Å². The molecule has 1 unspecified atom stereocenters. The molecule has 1 amide bonds. The van der Waals surface area contributed by atoms with Crippen LogP contribution in [-0.2, 0) is 14.8 Å². The second kappa shape index (κ2) is 8.27. The maximum absolute atomic E-state index is 12.6. The second-order valence-corrected chi connectivity index (χ2v) is 10.9. The molecule has 0 radical (unpaired) electrons. The maximum atomic E-state index is 12.6. The zero-order valence-electron chi connectivity index (χ0n) is 14.2. The van der Waals surface area contributed by atoms with Gasteiger partial charge >= 0.3 is 0 Å². The van der Waals surface area contributed by atoms with E-state index in [9.17, 15) is 13.2 Å². The molecule has 9 heteroatoms. The number of carbonyl (C=O) groups is 1. The van der Waals surface area contributed by atoms with Crippen molar-refractivity contribution in [2.24, 2.45) is 5.92 Å². The van der Waals surface area contributed by atoms with E-state index >= 15 is 0 Å². The second-order valence-electron chi connectivity index (χ2n) is 6.31. The number of hydrogen-bond donors (Lipinski definition) is 1. The van der Waals surface area contributed by atoms with Crippen molar-refractivity contribution in [3.05, 3.63) is 15.9 Å². The van der Waals surface area contributed by atoms with Gasteiger partial charge in [-0.25, -0.2) is 8.42 Å². The molecule has 1 aliphatic rings. The van der Waals surface area contributed by atoms with Gasteiger partial charge in [0.25, 0.3) is 10.0 Å². The summed E-state index contributed by atoms with van der Waals surface area (Å²) in [6.45, 7) is 8.55. The molecule has 1 aliphatic heterocycles. The number of carbonyl (C=O) groups excluding carboxylic acids is 1. The molecular formula is C15H24BrN3O3S2. The Balaban J connectivity index is 1.92. The molecule has 0 bridgehead atoms. The van der Waals surface area contributed by atoms with Gasteiger partial charge in [-0.3, -0.25) is 9.69 Å². The van der Waals surface area contributed by atoms with E-state index in [0.29, 0.717) is 42.9 Å². The van der Waals surface area contributed by atoms with E-state index < -0.39 is 10.0 Å². The quantitative estimate of drug-likeness (QED) is 0.738. The summed E-state index contributed by atoms with van der Waals surface area (Å²) in [4.78, 5) is 14.2. The molecule has 0 saturated carbocycles. The molecular weight excluding hydrogens is 414 g/mol. The lowest BCUT2D eigenvalue weighted by Gasteiger charge is -2.36. The molecule has 2 rings (SSSR count). The van der Waals surface area contributed by atoms with Crippen molar-refractivity contribution in [1.29, 1.82) is 0 Å². The highest BCUT2D eigenvalue weighted by Gasteiger charge is 2.32. The van der Waals surface area contributed by atoms with E-state index in [4.69, 9.17) is 0 Å². The van der Waals surface area contributed by atoms with E-state index in [1.807, 2.05) is 11.8 Å². The number of thiophene rings is 1. The van der Waals surface area contributed by atoms with Gasteiger partial charge in [0.2, 0.25) is 5.91 Å². The molecule has 24 heavy (non-hydrogen) atoms. The largest absolute Gasteiger partial charge is 0.354 e. The van der Waals surface area contributed by atoms with Crippen LogP contribution in [0.5, 0.6) is 0 Å². The molecule has 0 aromatic carbocycles. The number of halogens is 1. The highest BCUT2D eigenvalue weighted by atomic mass is 79.9. The van der Waals surface area contributed by atoms with Crippen LogP contribution in [0.3, 0.4) is 0 Å². The zero-order chi connectivity index (χ0) is 17.9. The number of amides is 1. The van der Waals surface area contributed by atoms with Crippen molar-refractivity contribution in [2.45, 2.75) is 31.0 Å². The fourth-order valence-electron chi connectivity index (χ4n) is 2.51. The van der Waals surface area contributed by atoms with Crippen LogP contribution in [-0.4, -0.2) is 62.3 Å². The van der Waals surface area contributed by atoms with Gasteiger partial charge in [-0.05, 0) is 40.9 Å². The molecule has 1 aromatic heterocycles. The molecule has 0 spiro atoms. The van der Waals surface area contributed by atoms with Gasteiger partial charge in [0.1, 0.15) is 4.21 Å². The predicted molar refractivity (Wildman–Crippen MR) is 99.7 cm³/mol. The third-order valence-electron chi connectivity index (χ3n) is 4.03. The Hall–Kier alpha value is -0.480. The zero-order valence-corrected chi connectivity index (χ0v) is 17.4. The molecule has 1 N–H and O–H groups in total. The van der Waals surface area contributed by atoms with Crippen molar-refractivity contribution in [3.8, 4) is 0 Å². The minimum atomic E-state index is -3.44. The molecule has 0 aliphatic carbocycles. The van der Waals surface area contributed by atoms with Crippen LogP contribution in [0.2, 0.25) is 0 Å². The average molecular weight is 438 g/mol. The first-order chi connectivity index (χ1) is 11.2. The summed E-state index contributed by atoms with van der Waals surface area (Å²) in [6.07, 6.45) is 0. The Morgan fingerprint density at radius 1 is 1.25 bits per heavy atom. The summed E-state index contributed by atoms with van der Waals surface area (Å²) in [6, 6.07) is 3.12. The van der Waals surface area contributed by atoms with Crippen molar-refractivity contribution in [1.82, 2.24) is 14.5 Å². The lowest BCUT2D eigenvalue weighted by atomic mass is 10.2. The van der Waals surface area contributed by atoms with E-state index in [1.165, 1.54) is 15.6 Å². The number of rotatable bonds is 6. The molecule has 1 aromatic rings. The van der Waals surface area contributed by atoms with Gasteiger partial charge in [0, 0.05) is 32.7 Å². The first-order valence-corrected chi connectivity index (χ1v) is 11.0. The first kappa shape index (κ1) is 19.8. The monoisotopic (exact) mass is 437 g/mol. The standard InChI is InChI=1S/C15H24BrN3O3S2/c1-11(2)10-17-15(20)12(3)18-6-8-19(9-7-18)24(21,22)14-5-4-13(16)23-14/h4-5,11-12H,6-10H2,1-3H3,(H,17,20). The first-order valence-electron chi connectivity index (χ1n) is 7.99. The highest BCUT2D eigenvalue weighted by Crippen LogP contribution is 2.29. The fourth-order valence-corrected chi connectivity index (χ4v) is 6.10. The van der Waals surface area contributed by atoms with Gasteiger partial charge in [0.15, 0.2) is 0 Å². The molecule has 1 fully saturated rings. The Bertz CT molecular complexity index is 667. The summed E-state index contributed by atoms with van der Waals surface area (Å²) in [5, 5.41) is 2.93. The number of piperazine rings is 1. The normalized spacial score (nSPS) is 18.7. The van der Waals surface area contributed by atoms with Crippen molar-refractivity contribution >= 4 is 43.2 Å². The Labute approximate surface area is 156 Å². The van der Waals surface area contributed by atoms with Crippen molar-refractivity contribution < 1.29 is 13.2 Å². The Morgan fingerprint density at radius 2 is 1.88 bits per heavy atom. The van der Waals surface area contributed by atoms with Crippen molar-refractivity contribution in [2.75, 3.05) is 32.7 Å². The fraction of sp³-hybridized carbons (Fsp3) is 0.667. The SMILES string of the molecule is CC(C)CNC(=O)C(C)N1CCN(S(=O)(=O)c2ccc(Br)s2)CC1. The van der Waals surface area contributed by atoms with Crippen LogP contribution < -0.4 is 5.32 Å². The van der Waals surface area contributed by atoms with Crippen LogP contribution in [0.4, 0.5) is 0 Å². The van der Waals surface area contributed by atoms with Gasteiger partial charge in [-0.1, -0.05) is 13.8 Å². The minimum absolute atomic E-state index is 0.00203. The highest BCUT2D eigenvalue weighted by molar-refractivity contribution is 9.11. The van der Waals surface area contributed by atoms with E-state index in [0.717, 1.165) is 3.79 Å². The summed E-state index contributed by atoms with van der Waals surface area (Å²) >= 11 is 4.52. The van der Waals surface area contributed by atoms with E-state index in [-0.39, 0.29) is 11.9 Å². The molecule has 6 nitrogen and oxygen atoms in total. The number of sulfonamides is 1. The Morgan fingerprint density at radius 3 is 2.38 bits per heavy atom. The number of nitrogens with one attached hydrogen (secondary N) is 1. The van der Waals surface area contributed by atoms with E-state index in [1.54, 1.807) is 12.1 Å². The van der Waals surface area contributed by atoms with Crippen LogP contribution in [0, 0.1) is 5.92 Å².